The maximum atomic E-state index is 5.97. The summed E-state index contributed by atoms with van der Waals surface area (Å²) >= 11 is 0. The summed E-state index contributed by atoms with van der Waals surface area (Å²) < 4.78 is 5.97. The number of aromatic nitrogens is 1. The summed E-state index contributed by atoms with van der Waals surface area (Å²) in [4.78, 5) is 4.36. The number of hydrogen-bond acceptors (Lipinski definition) is 3. The van der Waals surface area contributed by atoms with Gasteiger partial charge in [0.15, 0.2) is 0 Å². The standard InChI is InChI=1S/C17H22N2O/c1-4-18-14(3)15-9-5-6-10-17(15)20-12-16-13(2)8-7-11-19-16/h5-11,14,18H,4,12H2,1-3H3. The van der Waals surface area contributed by atoms with E-state index >= 15 is 0 Å². The molecule has 1 aromatic carbocycles. The maximum Gasteiger partial charge on any atom is 0.130 e. The van der Waals surface area contributed by atoms with Gasteiger partial charge in [-0.05, 0) is 38.1 Å². The summed E-state index contributed by atoms with van der Waals surface area (Å²) in [5.41, 5.74) is 3.33. The molecule has 0 aliphatic rings. The molecule has 1 N–H and O–H groups in total. The summed E-state index contributed by atoms with van der Waals surface area (Å²) in [7, 11) is 0. The quantitative estimate of drug-likeness (QED) is 0.870. The second kappa shape index (κ2) is 7.06. The Morgan fingerprint density at radius 3 is 2.75 bits per heavy atom. The Balaban J connectivity index is 2.12. The van der Waals surface area contributed by atoms with Gasteiger partial charge in [0.05, 0.1) is 5.69 Å². The van der Waals surface area contributed by atoms with Crippen molar-refractivity contribution >= 4 is 0 Å². The van der Waals surface area contributed by atoms with E-state index in [2.05, 4.69) is 43.2 Å². The van der Waals surface area contributed by atoms with Gasteiger partial charge in [-0.3, -0.25) is 4.98 Å². The lowest BCUT2D eigenvalue weighted by Crippen LogP contribution is -2.18. The van der Waals surface area contributed by atoms with Crippen LogP contribution in [0.4, 0.5) is 0 Å². The van der Waals surface area contributed by atoms with Crippen molar-refractivity contribution in [2.24, 2.45) is 0 Å². The summed E-state index contributed by atoms with van der Waals surface area (Å²) in [6.45, 7) is 7.76. The predicted octanol–water partition coefficient (Wildman–Crippen LogP) is 3.64. The lowest BCUT2D eigenvalue weighted by Gasteiger charge is -2.17. The van der Waals surface area contributed by atoms with Crippen LogP contribution in [0.15, 0.2) is 42.6 Å². The van der Waals surface area contributed by atoms with Crippen LogP contribution in [0.2, 0.25) is 0 Å². The van der Waals surface area contributed by atoms with Crippen molar-refractivity contribution in [3.05, 3.63) is 59.4 Å². The van der Waals surface area contributed by atoms with Crippen LogP contribution in [-0.4, -0.2) is 11.5 Å². The van der Waals surface area contributed by atoms with E-state index in [-0.39, 0.29) is 6.04 Å². The highest BCUT2D eigenvalue weighted by Gasteiger charge is 2.10. The van der Waals surface area contributed by atoms with Crippen molar-refractivity contribution in [3.63, 3.8) is 0 Å². The summed E-state index contributed by atoms with van der Waals surface area (Å²) in [6, 6.07) is 12.4. The predicted molar refractivity (Wildman–Crippen MR) is 81.8 cm³/mol. The van der Waals surface area contributed by atoms with Crippen LogP contribution >= 0.6 is 0 Å². The first-order valence-corrected chi connectivity index (χ1v) is 7.08. The number of para-hydroxylation sites is 1. The fourth-order valence-electron chi connectivity index (χ4n) is 2.20. The average molecular weight is 270 g/mol. The molecule has 0 bridgehead atoms. The number of benzene rings is 1. The van der Waals surface area contributed by atoms with E-state index in [0.717, 1.165) is 23.6 Å². The van der Waals surface area contributed by atoms with Crippen LogP contribution in [0.25, 0.3) is 0 Å². The Hall–Kier alpha value is -1.87. The summed E-state index contributed by atoms with van der Waals surface area (Å²) in [5.74, 6) is 0.922. The second-order valence-corrected chi connectivity index (χ2v) is 4.87. The lowest BCUT2D eigenvalue weighted by atomic mass is 10.1. The molecule has 0 aliphatic carbocycles. The number of pyridine rings is 1. The Bertz CT molecular complexity index is 554. The van der Waals surface area contributed by atoms with Crippen molar-refractivity contribution in [2.45, 2.75) is 33.4 Å². The molecular formula is C17H22N2O. The zero-order valence-electron chi connectivity index (χ0n) is 12.4. The number of nitrogens with zero attached hydrogens (tertiary/aromatic N) is 1. The molecule has 106 valence electrons. The van der Waals surface area contributed by atoms with Gasteiger partial charge < -0.3 is 10.1 Å². The third-order valence-electron chi connectivity index (χ3n) is 3.38. The first kappa shape index (κ1) is 14.5. The molecule has 3 nitrogen and oxygen atoms in total. The fraction of sp³-hybridized carbons (Fsp3) is 0.353. The highest BCUT2D eigenvalue weighted by molar-refractivity contribution is 5.35. The van der Waals surface area contributed by atoms with Crippen LogP contribution in [0.3, 0.4) is 0 Å². The van der Waals surface area contributed by atoms with Gasteiger partial charge in [-0.1, -0.05) is 31.2 Å². The normalized spacial score (nSPS) is 12.2. The Morgan fingerprint density at radius 2 is 2.00 bits per heavy atom. The Kier molecular flexibility index (Phi) is 5.13. The van der Waals surface area contributed by atoms with E-state index < -0.39 is 0 Å². The molecule has 0 saturated carbocycles. The first-order valence-electron chi connectivity index (χ1n) is 7.08. The number of aryl methyl sites for hydroxylation is 1. The SMILES string of the molecule is CCNC(C)c1ccccc1OCc1ncccc1C. The molecule has 0 fully saturated rings. The van der Waals surface area contributed by atoms with Gasteiger partial charge in [0.25, 0.3) is 0 Å². The molecule has 0 aliphatic heterocycles. The van der Waals surface area contributed by atoms with Crippen LogP contribution in [0.1, 0.15) is 36.7 Å². The van der Waals surface area contributed by atoms with Crippen molar-refractivity contribution in [2.75, 3.05) is 6.54 Å². The van der Waals surface area contributed by atoms with Gasteiger partial charge in [-0.25, -0.2) is 0 Å². The minimum atomic E-state index is 0.279. The fourth-order valence-corrected chi connectivity index (χ4v) is 2.20. The average Bonchev–Trinajstić information content (AvgIpc) is 2.47. The molecule has 3 heteroatoms. The van der Waals surface area contributed by atoms with Gasteiger partial charge in [0.1, 0.15) is 12.4 Å². The van der Waals surface area contributed by atoms with Gasteiger partial charge in [0, 0.05) is 17.8 Å². The minimum Gasteiger partial charge on any atom is -0.487 e. The van der Waals surface area contributed by atoms with Crippen molar-refractivity contribution < 1.29 is 4.74 Å². The third kappa shape index (κ3) is 3.58. The van der Waals surface area contributed by atoms with Crippen LogP contribution in [0.5, 0.6) is 5.75 Å². The Morgan fingerprint density at radius 1 is 1.20 bits per heavy atom. The zero-order valence-corrected chi connectivity index (χ0v) is 12.4. The molecule has 1 aromatic heterocycles. The molecule has 2 aromatic rings. The van der Waals surface area contributed by atoms with Crippen molar-refractivity contribution in [1.82, 2.24) is 10.3 Å². The topological polar surface area (TPSA) is 34.1 Å². The summed E-state index contributed by atoms with van der Waals surface area (Å²) in [6.07, 6.45) is 1.80. The van der Waals surface area contributed by atoms with Crippen LogP contribution < -0.4 is 10.1 Å². The van der Waals surface area contributed by atoms with E-state index in [1.165, 1.54) is 5.56 Å². The molecular weight excluding hydrogens is 248 g/mol. The molecule has 20 heavy (non-hydrogen) atoms. The third-order valence-corrected chi connectivity index (χ3v) is 3.38. The highest BCUT2D eigenvalue weighted by atomic mass is 16.5. The lowest BCUT2D eigenvalue weighted by molar-refractivity contribution is 0.294. The number of ether oxygens (including phenoxy) is 1. The number of rotatable bonds is 6. The minimum absolute atomic E-state index is 0.279. The van der Waals surface area contributed by atoms with Gasteiger partial charge in [0.2, 0.25) is 0 Å². The van der Waals surface area contributed by atoms with Crippen LogP contribution in [-0.2, 0) is 6.61 Å². The summed E-state index contributed by atoms with van der Waals surface area (Å²) in [5, 5.41) is 3.42. The smallest absolute Gasteiger partial charge is 0.130 e. The van der Waals surface area contributed by atoms with Crippen molar-refractivity contribution in [3.8, 4) is 5.75 Å². The molecule has 0 amide bonds. The Labute approximate surface area is 121 Å². The molecule has 2 rings (SSSR count). The molecule has 0 saturated heterocycles. The molecule has 1 heterocycles. The maximum absolute atomic E-state index is 5.97. The van der Waals surface area contributed by atoms with Gasteiger partial charge in [-0.15, -0.1) is 0 Å². The molecule has 1 unspecified atom stereocenters. The zero-order chi connectivity index (χ0) is 14.4. The van der Waals surface area contributed by atoms with E-state index in [1.807, 2.05) is 24.3 Å². The second-order valence-electron chi connectivity index (χ2n) is 4.87. The van der Waals surface area contributed by atoms with E-state index in [0.29, 0.717) is 6.61 Å². The molecule has 1 atom stereocenters. The number of hydrogen-bond donors (Lipinski definition) is 1. The first-order chi connectivity index (χ1) is 9.72. The van der Waals surface area contributed by atoms with E-state index in [4.69, 9.17) is 4.74 Å². The van der Waals surface area contributed by atoms with Gasteiger partial charge in [-0.2, -0.15) is 0 Å². The van der Waals surface area contributed by atoms with Crippen LogP contribution in [0, 0.1) is 6.92 Å². The van der Waals surface area contributed by atoms with Gasteiger partial charge >= 0.3 is 0 Å². The van der Waals surface area contributed by atoms with Crippen molar-refractivity contribution in [1.29, 1.82) is 0 Å². The van der Waals surface area contributed by atoms with E-state index in [9.17, 15) is 0 Å². The molecule has 0 radical (unpaired) electrons. The number of nitrogens with one attached hydrogen (secondary N) is 1. The largest absolute Gasteiger partial charge is 0.487 e. The molecule has 0 spiro atoms. The monoisotopic (exact) mass is 270 g/mol. The highest BCUT2D eigenvalue weighted by Crippen LogP contribution is 2.25. The van der Waals surface area contributed by atoms with E-state index in [1.54, 1.807) is 6.20 Å².